The molecular formula is C37H44FN5O8S. The predicted molar refractivity (Wildman–Crippen MR) is 186 cm³/mol. The third-order valence-corrected chi connectivity index (χ3v) is 14.2. The summed E-state index contributed by atoms with van der Waals surface area (Å²) in [7, 11) is -4.00. The highest BCUT2D eigenvalue weighted by Crippen LogP contribution is 2.52. The van der Waals surface area contributed by atoms with Crippen molar-refractivity contribution in [1.82, 2.24) is 25.2 Å². The first-order chi connectivity index (χ1) is 24.7. The highest BCUT2D eigenvalue weighted by molar-refractivity contribution is 7.91. The predicted octanol–water partition coefficient (Wildman–Crippen LogP) is 3.95. The van der Waals surface area contributed by atoms with E-state index in [1.165, 1.54) is 17.0 Å². The first-order valence-corrected chi connectivity index (χ1v) is 19.9. The van der Waals surface area contributed by atoms with E-state index in [0.717, 1.165) is 36.9 Å². The van der Waals surface area contributed by atoms with Crippen molar-refractivity contribution >= 4 is 44.7 Å². The molecule has 5 atom stereocenters. The fourth-order valence-corrected chi connectivity index (χ4v) is 9.62. The minimum absolute atomic E-state index is 0.0261. The summed E-state index contributed by atoms with van der Waals surface area (Å²) in [6.45, 7) is 1.55. The van der Waals surface area contributed by atoms with E-state index in [2.05, 4.69) is 15.4 Å². The van der Waals surface area contributed by atoms with E-state index in [4.69, 9.17) is 9.72 Å². The van der Waals surface area contributed by atoms with Crippen molar-refractivity contribution in [2.24, 2.45) is 5.92 Å². The summed E-state index contributed by atoms with van der Waals surface area (Å²) < 4.78 is 48.8. The van der Waals surface area contributed by atoms with E-state index in [9.17, 15) is 37.1 Å². The van der Waals surface area contributed by atoms with E-state index < -0.39 is 73.5 Å². The van der Waals surface area contributed by atoms with Gasteiger partial charge in [-0.15, -0.1) is 0 Å². The maximum absolute atomic E-state index is 14.5. The third kappa shape index (κ3) is 6.17. The van der Waals surface area contributed by atoms with Crippen LogP contribution in [0, 0.1) is 11.7 Å². The molecule has 4 heterocycles. The zero-order chi connectivity index (χ0) is 36.6. The van der Waals surface area contributed by atoms with Crippen LogP contribution >= 0.6 is 0 Å². The van der Waals surface area contributed by atoms with Gasteiger partial charge in [-0.25, -0.2) is 22.6 Å². The number of sulfonamides is 1. The molecule has 3 saturated carbocycles. The first kappa shape index (κ1) is 34.8. The number of nitrogens with zero attached hydrogens (tertiary/aromatic N) is 2. The van der Waals surface area contributed by atoms with Gasteiger partial charge < -0.3 is 25.4 Å². The zero-order valence-electron chi connectivity index (χ0n) is 29.1. The van der Waals surface area contributed by atoms with Gasteiger partial charge in [-0.1, -0.05) is 25.0 Å². The van der Waals surface area contributed by atoms with Crippen LogP contribution < -0.4 is 20.1 Å². The normalized spacial score (nSPS) is 31.9. The Labute approximate surface area is 301 Å². The van der Waals surface area contributed by atoms with E-state index >= 15 is 0 Å². The van der Waals surface area contributed by atoms with Crippen molar-refractivity contribution in [3.63, 3.8) is 0 Å². The fraction of sp³-hybridized carbons (Fsp3) is 0.595. The lowest BCUT2D eigenvalue weighted by Gasteiger charge is -2.37. The molecule has 0 radical (unpaired) electrons. The highest BCUT2D eigenvalue weighted by atomic mass is 32.2. The zero-order valence-corrected chi connectivity index (χ0v) is 29.9. The molecule has 8 rings (SSSR count). The van der Waals surface area contributed by atoms with Crippen LogP contribution in [-0.2, 0) is 30.8 Å². The number of fused-ring (bicyclic) bond motifs is 5. The molecule has 278 valence electrons. The first-order valence-electron chi connectivity index (χ1n) is 18.4. The van der Waals surface area contributed by atoms with Gasteiger partial charge in [0.05, 0.1) is 22.5 Å². The summed E-state index contributed by atoms with van der Waals surface area (Å²) in [5.41, 5.74) is -0.323. The van der Waals surface area contributed by atoms with E-state index in [-0.39, 0.29) is 31.7 Å². The van der Waals surface area contributed by atoms with Gasteiger partial charge in [0.2, 0.25) is 21.8 Å². The molecule has 52 heavy (non-hydrogen) atoms. The number of allylic oxidation sites excluding steroid dienone is 1. The third-order valence-electron chi connectivity index (χ3n) is 12.1. The number of ether oxygens (including phenoxy) is 1. The van der Waals surface area contributed by atoms with Gasteiger partial charge in [0.15, 0.2) is 0 Å². The van der Waals surface area contributed by atoms with Crippen LogP contribution in [0.5, 0.6) is 5.75 Å². The van der Waals surface area contributed by atoms with Crippen LogP contribution in [0.15, 0.2) is 30.4 Å². The van der Waals surface area contributed by atoms with Gasteiger partial charge >= 0.3 is 6.09 Å². The molecule has 4 fully saturated rings. The Hall–Kier alpha value is -4.27. The second-order valence-electron chi connectivity index (χ2n) is 15.9. The van der Waals surface area contributed by atoms with E-state index in [0.29, 0.717) is 55.2 Å². The number of aromatic nitrogens is 1. The van der Waals surface area contributed by atoms with Gasteiger partial charge in [0.1, 0.15) is 34.8 Å². The lowest BCUT2D eigenvalue weighted by molar-refractivity contribution is -0.141. The smallest absolute Gasteiger partial charge is 0.405 e. The Morgan fingerprint density at radius 2 is 1.88 bits per heavy atom. The second kappa shape index (κ2) is 12.4. The number of carbonyl (C=O) groups is 4. The van der Waals surface area contributed by atoms with Crippen LogP contribution in [0.4, 0.5) is 9.18 Å². The van der Waals surface area contributed by atoms with Gasteiger partial charge in [-0.3, -0.25) is 19.1 Å². The summed E-state index contributed by atoms with van der Waals surface area (Å²) >= 11 is 0. The molecule has 13 nitrogen and oxygen atoms in total. The Bertz CT molecular complexity index is 2020. The largest absolute Gasteiger partial charge is 0.483 e. The number of hydrogen-bond acceptors (Lipinski definition) is 8. The topological polar surface area (TPSA) is 184 Å². The van der Waals surface area contributed by atoms with Crippen molar-refractivity contribution in [3.8, 4) is 5.75 Å². The van der Waals surface area contributed by atoms with Gasteiger partial charge in [0, 0.05) is 29.2 Å². The number of halogens is 1. The number of carboxylic acid groups (broad SMARTS) is 1. The summed E-state index contributed by atoms with van der Waals surface area (Å²) in [4.78, 5) is 60.8. The van der Waals surface area contributed by atoms with Gasteiger partial charge in [-0.05, 0) is 89.3 Å². The maximum atomic E-state index is 14.5. The quantitative estimate of drug-likeness (QED) is 0.330. The summed E-state index contributed by atoms with van der Waals surface area (Å²) in [6.07, 6.45) is 9.15. The van der Waals surface area contributed by atoms with Crippen molar-refractivity contribution in [2.75, 3.05) is 6.54 Å². The van der Waals surface area contributed by atoms with Crippen molar-refractivity contribution in [1.29, 1.82) is 0 Å². The molecule has 2 aromatic rings. The Kier molecular flexibility index (Phi) is 8.31. The molecule has 0 bridgehead atoms. The Morgan fingerprint density at radius 1 is 1.10 bits per heavy atom. The number of carbonyl (C=O) groups excluding carboxylic acids is 3. The molecular weight excluding hydrogens is 693 g/mol. The number of benzene rings is 1. The molecule has 15 heteroatoms. The van der Waals surface area contributed by atoms with Crippen LogP contribution in [0.1, 0.15) is 101 Å². The van der Waals surface area contributed by atoms with Crippen molar-refractivity contribution in [3.05, 3.63) is 47.4 Å². The Morgan fingerprint density at radius 3 is 2.62 bits per heavy atom. The van der Waals surface area contributed by atoms with E-state index in [1.807, 2.05) is 12.2 Å². The number of nitrogens with one attached hydrogen (secondary N) is 3. The molecule has 4 N–H and O–H groups in total. The molecule has 6 aliphatic rings. The van der Waals surface area contributed by atoms with Crippen molar-refractivity contribution < 1.29 is 41.8 Å². The van der Waals surface area contributed by atoms with Crippen LogP contribution in [-0.4, -0.2) is 81.7 Å². The number of aryl methyl sites for hydroxylation is 1. The highest BCUT2D eigenvalue weighted by Gasteiger charge is 2.64. The number of hydrogen-bond donors (Lipinski definition) is 4. The second-order valence-corrected chi connectivity index (χ2v) is 18.1. The monoisotopic (exact) mass is 737 g/mol. The summed E-state index contributed by atoms with van der Waals surface area (Å²) in [5, 5.41) is 15.6. The molecule has 1 aromatic heterocycles. The van der Waals surface area contributed by atoms with Gasteiger partial charge in [-0.2, -0.15) is 0 Å². The van der Waals surface area contributed by atoms with Crippen LogP contribution in [0.2, 0.25) is 0 Å². The molecule has 1 aromatic carbocycles. The average Bonchev–Trinajstić information content (AvgIpc) is 4.02. The number of pyridine rings is 1. The summed E-state index contributed by atoms with van der Waals surface area (Å²) in [5.74, 6) is -2.16. The molecule has 3 aliphatic heterocycles. The molecule has 3 aliphatic carbocycles. The van der Waals surface area contributed by atoms with Crippen LogP contribution in [0.3, 0.4) is 0 Å². The standard InChI is InChI=1S/C37H44FN5O8S/c1-35(15-16-35)52(49,50)42-33(46)37-18-22(37)7-5-3-2-4-6-8-27(40-34(47)48)32(45)43-20-36(19-28(43)31(44)41-37)14-13-24-25-17-23(38)11-12-26(25)39-29(21-9-10-21)30(24)51-36/h5,7,11-12,17,21-22,27-28,40H,2-4,6,8-10,13-16,18-20H2,1H3,(H,41,44)(H,42,46)(H,47,48)/b7-5-/t22-,27+,28+,36-,37-/m1/s1. The number of amides is 4. The average molecular weight is 738 g/mol. The maximum Gasteiger partial charge on any atom is 0.405 e. The number of rotatable bonds is 5. The molecule has 1 spiro atoms. The Balaban J connectivity index is 1.15. The summed E-state index contributed by atoms with van der Waals surface area (Å²) in [6, 6.07) is 2.22. The minimum atomic E-state index is -4.00. The molecule has 0 unspecified atom stereocenters. The fourth-order valence-electron chi connectivity index (χ4n) is 8.31. The SMILES string of the molecule is CC1(S(=O)(=O)NC(=O)[C@@]23C[C@H]2/C=C\CCCCC[C@H](NC(=O)O)C(=O)N2C[C@@]4(CCc5c(c(C6CC6)nc6ccc(F)cc56)O4)C[C@H]2C(=O)N3)CC1. The molecule has 1 saturated heterocycles. The molecule has 4 amide bonds. The lowest BCUT2D eigenvalue weighted by Crippen LogP contribution is -2.58. The van der Waals surface area contributed by atoms with Crippen molar-refractivity contribution in [2.45, 2.75) is 124 Å². The lowest BCUT2D eigenvalue weighted by atomic mass is 9.86. The van der Waals surface area contributed by atoms with E-state index in [1.54, 1.807) is 13.0 Å². The van der Waals surface area contributed by atoms with Crippen LogP contribution in [0.25, 0.3) is 10.9 Å². The minimum Gasteiger partial charge on any atom is -0.483 e. The van der Waals surface area contributed by atoms with Gasteiger partial charge in [0.25, 0.3) is 5.91 Å².